The molecule has 1 aliphatic rings. The molecule has 158 valence electrons. The highest BCUT2D eigenvalue weighted by atomic mass is 19.1. The Balaban J connectivity index is 1.68. The van der Waals surface area contributed by atoms with Crippen LogP contribution in [0.5, 0.6) is 5.75 Å². The SMILES string of the molecule is CCCCCCCc1ccc(OC(=O)C2CCC(CCC=C(F)C#N)CC2)cc1. The van der Waals surface area contributed by atoms with Crippen LogP contribution in [0.3, 0.4) is 0 Å². The molecule has 1 aromatic rings. The number of aryl methyl sites for hydroxylation is 1. The van der Waals surface area contributed by atoms with E-state index in [-0.39, 0.29) is 11.9 Å². The summed E-state index contributed by atoms with van der Waals surface area (Å²) in [7, 11) is 0. The largest absolute Gasteiger partial charge is 0.426 e. The van der Waals surface area contributed by atoms with Crippen LogP contribution in [0.15, 0.2) is 36.2 Å². The van der Waals surface area contributed by atoms with Crippen LogP contribution in [-0.4, -0.2) is 5.97 Å². The van der Waals surface area contributed by atoms with Crippen LogP contribution in [-0.2, 0) is 11.2 Å². The lowest BCUT2D eigenvalue weighted by molar-refractivity contribution is -0.140. The van der Waals surface area contributed by atoms with Crippen molar-refractivity contribution in [2.45, 2.75) is 84.0 Å². The fourth-order valence-electron chi connectivity index (χ4n) is 4.03. The van der Waals surface area contributed by atoms with Gasteiger partial charge < -0.3 is 4.74 Å². The van der Waals surface area contributed by atoms with Crippen molar-refractivity contribution in [3.05, 3.63) is 41.7 Å². The fourth-order valence-corrected chi connectivity index (χ4v) is 4.03. The van der Waals surface area contributed by atoms with Gasteiger partial charge >= 0.3 is 5.97 Å². The zero-order chi connectivity index (χ0) is 20.9. The van der Waals surface area contributed by atoms with E-state index in [1.54, 1.807) is 0 Å². The lowest BCUT2D eigenvalue weighted by Gasteiger charge is -2.26. The summed E-state index contributed by atoms with van der Waals surface area (Å²) in [5.41, 5.74) is 1.30. The third-order valence-electron chi connectivity index (χ3n) is 5.90. The van der Waals surface area contributed by atoms with Gasteiger partial charge in [-0.1, -0.05) is 44.7 Å². The van der Waals surface area contributed by atoms with E-state index in [4.69, 9.17) is 10.00 Å². The Morgan fingerprint density at radius 1 is 1.14 bits per heavy atom. The number of unbranched alkanes of at least 4 members (excludes halogenated alkanes) is 4. The molecule has 0 bridgehead atoms. The number of carbonyl (C=O) groups excluding carboxylic acids is 1. The van der Waals surface area contributed by atoms with Crippen molar-refractivity contribution in [3.63, 3.8) is 0 Å². The van der Waals surface area contributed by atoms with Crippen molar-refractivity contribution in [1.29, 1.82) is 5.26 Å². The average molecular weight is 400 g/mol. The number of benzene rings is 1. The number of hydrogen-bond donors (Lipinski definition) is 0. The number of nitrogens with zero attached hydrogens (tertiary/aromatic N) is 1. The maximum atomic E-state index is 12.8. The van der Waals surface area contributed by atoms with Gasteiger partial charge in [0.05, 0.1) is 5.92 Å². The first-order valence-corrected chi connectivity index (χ1v) is 11.2. The standard InChI is InChI=1S/C25H34FNO2/c1-2-3-4-5-6-8-20-13-17-24(18-14-20)29-25(28)22-15-11-21(12-16-22)9-7-10-23(26)19-27/h10,13-14,17-18,21-22H,2-9,11-12,15-16H2,1H3. The second-order valence-electron chi connectivity index (χ2n) is 8.19. The minimum absolute atomic E-state index is 0.0455. The molecular weight excluding hydrogens is 365 g/mol. The van der Waals surface area contributed by atoms with E-state index >= 15 is 0 Å². The molecular formula is C25H34FNO2. The molecule has 4 heteroatoms. The monoisotopic (exact) mass is 399 g/mol. The van der Waals surface area contributed by atoms with E-state index in [0.717, 1.165) is 38.5 Å². The molecule has 3 nitrogen and oxygen atoms in total. The van der Waals surface area contributed by atoms with Gasteiger partial charge in [-0.25, -0.2) is 0 Å². The van der Waals surface area contributed by atoms with Gasteiger partial charge in [-0.2, -0.15) is 9.65 Å². The number of ether oxygens (including phenoxy) is 1. The van der Waals surface area contributed by atoms with Crippen LogP contribution in [0.4, 0.5) is 4.39 Å². The van der Waals surface area contributed by atoms with Crippen LogP contribution in [0.1, 0.15) is 83.1 Å². The van der Waals surface area contributed by atoms with Crippen LogP contribution in [0.25, 0.3) is 0 Å². The van der Waals surface area contributed by atoms with Gasteiger partial charge in [0.1, 0.15) is 11.8 Å². The molecule has 0 aromatic heterocycles. The van der Waals surface area contributed by atoms with Crippen molar-refractivity contribution in [3.8, 4) is 11.8 Å². The summed E-state index contributed by atoms with van der Waals surface area (Å²) in [6, 6.07) is 9.43. The van der Waals surface area contributed by atoms with E-state index < -0.39 is 5.83 Å². The first-order valence-electron chi connectivity index (χ1n) is 11.2. The number of rotatable bonds is 11. The van der Waals surface area contributed by atoms with E-state index in [1.165, 1.54) is 49.8 Å². The number of halogens is 1. The number of nitriles is 1. The average Bonchev–Trinajstić information content (AvgIpc) is 2.75. The Kier molecular flexibility index (Phi) is 10.5. The second kappa shape index (κ2) is 13.1. The third kappa shape index (κ3) is 8.81. The minimum Gasteiger partial charge on any atom is -0.426 e. The number of hydrogen-bond acceptors (Lipinski definition) is 3. The predicted molar refractivity (Wildman–Crippen MR) is 114 cm³/mol. The highest BCUT2D eigenvalue weighted by Crippen LogP contribution is 2.32. The lowest BCUT2D eigenvalue weighted by atomic mass is 9.80. The molecule has 2 rings (SSSR count). The molecule has 1 aromatic carbocycles. The molecule has 1 saturated carbocycles. The molecule has 0 spiro atoms. The summed E-state index contributed by atoms with van der Waals surface area (Å²) < 4.78 is 18.4. The van der Waals surface area contributed by atoms with E-state index in [1.807, 2.05) is 12.1 Å². The van der Waals surface area contributed by atoms with Gasteiger partial charge in [0.2, 0.25) is 0 Å². The highest BCUT2D eigenvalue weighted by molar-refractivity contribution is 5.75. The zero-order valence-corrected chi connectivity index (χ0v) is 17.7. The van der Waals surface area contributed by atoms with Crippen LogP contribution in [0.2, 0.25) is 0 Å². The fraction of sp³-hybridized carbons (Fsp3) is 0.600. The summed E-state index contributed by atoms with van der Waals surface area (Å²) >= 11 is 0. The quantitative estimate of drug-likeness (QED) is 0.173. The molecule has 0 unspecified atom stereocenters. The molecule has 0 radical (unpaired) electrons. The summed E-state index contributed by atoms with van der Waals surface area (Å²) in [5.74, 6) is 0.245. The van der Waals surface area contributed by atoms with E-state index in [0.29, 0.717) is 18.1 Å². The molecule has 0 saturated heterocycles. The van der Waals surface area contributed by atoms with E-state index in [9.17, 15) is 9.18 Å². The third-order valence-corrected chi connectivity index (χ3v) is 5.90. The van der Waals surface area contributed by atoms with Crippen molar-refractivity contribution >= 4 is 5.97 Å². The van der Waals surface area contributed by atoms with Crippen molar-refractivity contribution in [2.75, 3.05) is 0 Å². The van der Waals surface area contributed by atoms with Crippen molar-refractivity contribution in [1.82, 2.24) is 0 Å². The maximum absolute atomic E-state index is 12.8. The Hall–Kier alpha value is -2.15. The van der Waals surface area contributed by atoms with Crippen LogP contribution < -0.4 is 4.74 Å². The number of carbonyl (C=O) groups is 1. The molecule has 0 heterocycles. The normalized spacial score (nSPS) is 19.6. The zero-order valence-electron chi connectivity index (χ0n) is 17.7. The van der Waals surface area contributed by atoms with Crippen LogP contribution >= 0.6 is 0 Å². The summed E-state index contributed by atoms with van der Waals surface area (Å²) in [5, 5.41) is 8.43. The smallest absolute Gasteiger partial charge is 0.314 e. The lowest BCUT2D eigenvalue weighted by Crippen LogP contribution is -2.25. The van der Waals surface area contributed by atoms with Crippen molar-refractivity contribution in [2.24, 2.45) is 11.8 Å². The summed E-state index contributed by atoms with van der Waals surface area (Å²) in [6.45, 7) is 2.23. The molecule has 1 fully saturated rings. The van der Waals surface area contributed by atoms with E-state index in [2.05, 4.69) is 19.1 Å². The van der Waals surface area contributed by atoms with Gasteiger partial charge in [0, 0.05) is 0 Å². The summed E-state index contributed by atoms with van der Waals surface area (Å²) in [4.78, 5) is 12.5. The first-order chi connectivity index (χ1) is 14.1. The maximum Gasteiger partial charge on any atom is 0.314 e. The number of allylic oxidation sites excluding steroid dienone is 2. The molecule has 1 aliphatic carbocycles. The first kappa shape index (κ1) is 23.1. The molecule has 29 heavy (non-hydrogen) atoms. The topological polar surface area (TPSA) is 50.1 Å². The summed E-state index contributed by atoms with van der Waals surface area (Å²) in [6.07, 6.45) is 13.8. The van der Waals surface area contributed by atoms with Gasteiger partial charge in [0.15, 0.2) is 5.83 Å². The van der Waals surface area contributed by atoms with Crippen LogP contribution in [0, 0.1) is 23.2 Å². The second-order valence-corrected chi connectivity index (χ2v) is 8.19. The van der Waals surface area contributed by atoms with Gasteiger partial charge in [-0.3, -0.25) is 4.79 Å². The minimum atomic E-state index is -0.704. The van der Waals surface area contributed by atoms with Crippen molar-refractivity contribution < 1.29 is 13.9 Å². The Bertz CT molecular complexity index is 682. The van der Waals surface area contributed by atoms with Gasteiger partial charge in [0.25, 0.3) is 0 Å². The highest BCUT2D eigenvalue weighted by Gasteiger charge is 2.27. The molecule has 0 atom stereocenters. The Morgan fingerprint density at radius 3 is 2.48 bits per heavy atom. The molecule has 0 N–H and O–H groups in total. The number of esters is 1. The van der Waals surface area contributed by atoms with Gasteiger partial charge in [-0.15, -0.1) is 0 Å². The van der Waals surface area contributed by atoms with Gasteiger partial charge in [-0.05, 0) is 81.1 Å². The predicted octanol–water partition coefficient (Wildman–Crippen LogP) is 7.07. The molecule has 0 amide bonds. The molecule has 0 aliphatic heterocycles. The Labute approximate surface area is 175 Å². The Morgan fingerprint density at radius 2 is 1.83 bits per heavy atom.